The topological polar surface area (TPSA) is 41.5 Å². The molecule has 18 heavy (non-hydrogen) atoms. The predicted octanol–water partition coefficient (Wildman–Crippen LogP) is 2.78. The van der Waals surface area contributed by atoms with Gasteiger partial charge in [-0.1, -0.05) is 30.7 Å². The molecule has 4 heteroatoms. The van der Waals surface area contributed by atoms with Crippen LogP contribution in [0.15, 0.2) is 24.3 Å². The fourth-order valence-corrected chi connectivity index (χ4v) is 2.04. The summed E-state index contributed by atoms with van der Waals surface area (Å²) in [6.07, 6.45) is 1.77. The van der Waals surface area contributed by atoms with Crippen molar-refractivity contribution in [2.75, 3.05) is 20.3 Å². The number of aliphatic hydroxyl groups excluding tert-OH is 1. The Kier molecular flexibility index (Phi) is 7.28. The molecule has 0 fully saturated rings. The number of ether oxygens (including phenoxy) is 1. The Morgan fingerprint density at radius 2 is 2.00 bits per heavy atom. The molecule has 0 heterocycles. The van der Waals surface area contributed by atoms with Gasteiger partial charge in [-0.3, -0.25) is 0 Å². The molecule has 0 saturated heterocycles. The summed E-state index contributed by atoms with van der Waals surface area (Å²) in [5, 5.41) is 13.5. The zero-order valence-electron chi connectivity index (χ0n) is 11.0. The number of methoxy groups -OCH3 is 1. The van der Waals surface area contributed by atoms with E-state index >= 15 is 0 Å². The van der Waals surface area contributed by atoms with Gasteiger partial charge in [-0.05, 0) is 30.5 Å². The van der Waals surface area contributed by atoms with E-state index in [1.807, 2.05) is 24.3 Å². The quantitative estimate of drug-likeness (QED) is 0.764. The van der Waals surface area contributed by atoms with E-state index in [2.05, 4.69) is 12.2 Å². The van der Waals surface area contributed by atoms with Crippen LogP contribution in [0.3, 0.4) is 0 Å². The van der Waals surface area contributed by atoms with Gasteiger partial charge in [0.25, 0.3) is 0 Å². The lowest BCUT2D eigenvalue weighted by atomic mass is 10.0. The number of aliphatic hydroxyl groups is 1. The molecule has 2 atom stereocenters. The van der Waals surface area contributed by atoms with Crippen molar-refractivity contribution < 1.29 is 9.84 Å². The van der Waals surface area contributed by atoms with Crippen molar-refractivity contribution in [3.05, 3.63) is 34.9 Å². The zero-order chi connectivity index (χ0) is 13.4. The van der Waals surface area contributed by atoms with Gasteiger partial charge >= 0.3 is 0 Å². The molecule has 2 unspecified atom stereocenters. The van der Waals surface area contributed by atoms with Crippen LogP contribution in [0.2, 0.25) is 5.02 Å². The van der Waals surface area contributed by atoms with Crippen LogP contribution in [0.25, 0.3) is 0 Å². The third-order valence-corrected chi connectivity index (χ3v) is 3.26. The van der Waals surface area contributed by atoms with Crippen molar-refractivity contribution in [1.29, 1.82) is 0 Å². The molecule has 1 aromatic carbocycles. The van der Waals surface area contributed by atoms with Crippen LogP contribution in [0.5, 0.6) is 0 Å². The highest BCUT2D eigenvalue weighted by Crippen LogP contribution is 2.20. The van der Waals surface area contributed by atoms with E-state index in [1.165, 1.54) is 5.56 Å². The molecule has 1 rings (SSSR count). The van der Waals surface area contributed by atoms with Gasteiger partial charge in [-0.2, -0.15) is 0 Å². The lowest BCUT2D eigenvalue weighted by Crippen LogP contribution is -2.36. The summed E-state index contributed by atoms with van der Waals surface area (Å²) in [7, 11) is 1.67. The summed E-state index contributed by atoms with van der Waals surface area (Å²) >= 11 is 5.88. The largest absolute Gasteiger partial charge is 0.395 e. The Bertz CT molecular complexity index is 329. The summed E-state index contributed by atoms with van der Waals surface area (Å²) in [5.41, 5.74) is 1.19. The minimum atomic E-state index is 0.0607. The second kappa shape index (κ2) is 8.48. The van der Waals surface area contributed by atoms with Crippen LogP contribution in [-0.4, -0.2) is 31.5 Å². The van der Waals surface area contributed by atoms with Gasteiger partial charge in [-0.25, -0.2) is 0 Å². The highest BCUT2D eigenvalue weighted by molar-refractivity contribution is 6.30. The van der Waals surface area contributed by atoms with E-state index in [9.17, 15) is 5.11 Å². The first kappa shape index (κ1) is 15.4. The van der Waals surface area contributed by atoms with Crippen molar-refractivity contribution in [3.8, 4) is 0 Å². The highest BCUT2D eigenvalue weighted by atomic mass is 35.5. The summed E-state index contributed by atoms with van der Waals surface area (Å²) in [6.45, 7) is 2.89. The Morgan fingerprint density at radius 1 is 1.33 bits per heavy atom. The lowest BCUT2D eigenvalue weighted by Gasteiger charge is -2.24. The number of halogens is 1. The number of benzene rings is 1. The molecular weight excluding hydrogens is 250 g/mol. The average molecular weight is 272 g/mol. The van der Waals surface area contributed by atoms with Gasteiger partial charge < -0.3 is 15.2 Å². The maximum absolute atomic E-state index is 9.35. The number of hydrogen-bond acceptors (Lipinski definition) is 3. The van der Waals surface area contributed by atoms with Crippen molar-refractivity contribution >= 4 is 11.6 Å². The molecule has 0 bridgehead atoms. The molecule has 0 spiro atoms. The minimum absolute atomic E-state index is 0.0607. The smallest absolute Gasteiger partial charge is 0.0585 e. The summed E-state index contributed by atoms with van der Waals surface area (Å²) < 4.78 is 5.04. The summed E-state index contributed by atoms with van der Waals surface area (Å²) in [6, 6.07) is 8.12. The molecule has 0 aliphatic heterocycles. The van der Waals surface area contributed by atoms with Crippen LogP contribution >= 0.6 is 11.6 Å². The van der Waals surface area contributed by atoms with Crippen LogP contribution < -0.4 is 5.32 Å². The van der Waals surface area contributed by atoms with Crippen LogP contribution in [0, 0.1) is 0 Å². The fourth-order valence-electron chi connectivity index (χ4n) is 1.92. The third-order valence-electron chi connectivity index (χ3n) is 3.01. The summed E-state index contributed by atoms with van der Waals surface area (Å²) in [5.74, 6) is 0. The molecule has 0 saturated carbocycles. The Balaban J connectivity index is 2.62. The van der Waals surface area contributed by atoms with E-state index in [-0.39, 0.29) is 18.7 Å². The van der Waals surface area contributed by atoms with E-state index in [1.54, 1.807) is 7.11 Å². The van der Waals surface area contributed by atoms with E-state index in [0.29, 0.717) is 6.61 Å². The molecule has 0 aliphatic rings. The molecular formula is C14H22ClNO2. The van der Waals surface area contributed by atoms with Crippen molar-refractivity contribution in [2.45, 2.75) is 31.8 Å². The monoisotopic (exact) mass is 271 g/mol. The second-order valence-electron chi connectivity index (χ2n) is 4.34. The van der Waals surface area contributed by atoms with Crippen molar-refractivity contribution in [1.82, 2.24) is 5.32 Å². The van der Waals surface area contributed by atoms with E-state index < -0.39 is 0 Å². The first-order chi connectivity index (χ1) is 8.71. The molecule has 0 radical (unpaired) electrons. The van der Waals surface area contributed by atoms with Crippen LogP contribution in [0.4, 0.5) is 0 Å². The fraction of sp³-hybridized carbons (Fsp3) is 0.571. The molecule has 3 nitrogen and oxygen atoms in total. The van der Waals surface area contributed by atoms with Gasteiger partial charge in [0.2, 0.25) is 0 Å². The minimum Gasteiger partial charge on any atom is -0.395 e. The van der Waals surface area contributed by atoms with Gasteiger partial charge in [0.05, 0.1) is 6.61 Å². The van der Waals surface area contributed by atoms with Gasteiger partial charge in [0.15, 0.2) is 0 Å². The van der Waals surface area contributed by atoms with Crippen molar-refractivity contribution in [3.63, 3.8) is 0 Å². The first-order valence-electron chi connectivity index (χ1n) is 6.32. The molecule has 0 amide bonds. The van der Waals surface area contributed by atoms with E-state index in [0.717, 1.165) is 17.9 Å². The molecule has 102 valence electrons. The predicted molar refractivity (Wildman–Crippen MR) is 75.0 cm³/mol. The van der Waals surface area contributed by atoms with E-state index in [4.69, 9.17) is 16.3 Å². The first-order valence-corrected chi connectivity index (χ1v) is 6.70. The number of nitrogens with one attached hydrogen (secondary N) is 1. The third kappa shape index (κ3) is 4.94. The zero-order valence-corrected chi connectivity index (χ0v) is 11.8. The molecule has 1 aromatic rings. The Hall–Kier alpha value is -0.610. The Labute approximate surface area is 114 Å². The second-order valence-corrected chi connectivity index (χ2v) is 4.78. The van der Waals surface area contributed by atoms with Crippen LogP contribution in [0.1, 0.15) is 31.4 Å². The SMILES string of the molecule is CCC(NC(CO)CCOC)c1ccc(Cl)cc1. The Morgan fingerprint density at radius 3 is 2.50 bits per heavy atom. The molecule has 0 aromatic heterocycles. The van der Waals surface area contributed by atoms with Crippen LogP contribution in [-0.2, 0) is 4.74 Å². The van der Waals surface area contributed by atoms with Gasteiger partial charge in [-0.15, -0.1) is 0 Å². The normalized spacial score (nSPS) is 14.4. The highest BCUT2D eigenvalue weighted by Gasteiger charge is 2.14. The molecule has 0 aliphatic carbocycles. The lowest BCUT2D eigenvalue weighted by molar-refractivity contribution is 0.154. The summed E-state index contributed by atoms with van der Waals surface area (Å²) in [4.78, 5) is 0. The maximum atomic E-state index is 9.35. The van der Waals surface area contributed by atoms with Gasteiger partial charge in [0.1, 0.15) is 0 Å². The molecule has 2 N–H and O–H groups in total. The van der Waals surface area contributed by atoms with Gasteiger partial charge in [0, 0.05) is 30.8 Å². The average Bonchev–Trinajstić information content (AvgIpc) is 2.40. The standard InChI is InChI=1S/C14H22ClNO2/c1-3-14(11-4-6-12(15)7-5-11)16-13(10-17)8-9-18-2/h4-7,13-14,16-17H,3,8-10H2,1-2H3. The van der Waals surface area contributed by atoms with Crippen molar-refractivity contribution in [2.24, 2.45) is 0 Å². The number of rotatable bonds is 8. The maximum Gasteiger partial charge on any atom is 0.0585 e. The number of hydrogen-bond donors (Lipinski definition) is 2.